The van der Waals surface area contributed by atoms with Crippen molar-refractivity contribution in [2.75, 3.05) is 32.8 Å². The number of aliphatic hydroxyl groups excluding tert-OH is 1. The largest absolute Gasteiger partial charge is 0.483 e. The van der Waals surface area contributed by atoms with Gasteiger partial charge < -0.3 is 15.1 Å². The molecule has 0 unspecified atom stereocenters. The number of fused-ring (bicyclic) bond motifs is 1. The first-order valence-electron chi connectivity index (χ1n) is 8.72. The fourth-order valence-corrected chi connectivity index (χ4v) is 5.15. The molecule has 150 valence electrons. The summed E-state index contributed by atoms with van der Waals surface area (Å²) < 4.78 is 0.798. The highest BCUT2D eigenvalue weighted by Gasteiger charge is 2.53. The van der Waals surface area contributed by atoms with E-state index in [2.05, 4.69) is 20.9 Å². The number of hydrogen-bond acceptors (Lipinski definition) is 7. The number of carboxylic acid groups (broad SMARTS) is 1. The zero-order valence-corrected chi connectivity index (χ0v) is 16.6. The first-order valence-corrected chi connectivity index (χ1v) is 9.91. The molecule has 2 aromatic heterocycles. The van der Waals surface area contributed by atoms with Crippen LogP contribution in [0.5, 0.6) is 0 Å². The van der Waals surface area contributed by atoms with Crippen molar-refractivity contribution in [3.63, 3.8) is 0 Å². The molecule has 2 fully saturated rings. The second-order valence-electron chi connectivity index (χ2n) is 6.97. The van der Waals surface area contributed by atoms with Gasteiger partial charge in [0, 0.05) is 55.4 Å². The molecule has 2 atom stereocenters. The predicted octanol–water partition coefficient (Wildman–Crippen LogP) is 1.46. The fraction of sp³-hybridized carbons (Fsp3) is 0.444. The minimum absolute atomic E-state index is 0.0869. The number of aromatic nitrogens is 2. The van der Waals surface area contributed by atoms with Crippen LogP contribution in [0, 0.1) is 11.3 Å². The zero-order chi connectivity index (χ0) is 20.1. The van der Waals surface area contributed by atoms with E-state index < -0.39 is 0 Å². The highest BCUT2D eigenvalue weighted by atomic mass is 35.5. The summed E-state index contributed by atoms with van der Waals surface area (Å²) in [4.78, 5) is 34.5. The fourth-order valence-electron chi connectivity index (χ4n) is 4.02. The van der Waals surface area contributed by atoms with Crippen LogP contribution in [-0.4, -0.2) is 75.1 Å². The van der Waals surface area contributed by atoms with Gasteiger partial charge in [0.05, 0.1) is 17.1 Å². The van der Waals surface area contributed by atoms with E-state index in [-0.39, 0.29) is 30.3 Å². The number of carbonyl (C=O) groups excluding carboxylic acids is 1. The minimum atomic E-state index is -0.251. The Hall–Kier alpha value is -2.07. The van der Waals surface area contributed by atoms with Crippen LogP contribution in [0.2, 0.25) is 4.34 Å². The van der Waals surface area contributed by atoms with Gasteiger partial charge in [0.25, 0.3) is 12.4 Å². The third kappa shape index (κ3) is 4.33. The van der Waals surface area contributed by atoms with Crippen LogP contribution < -0.4 is 0 Å². The molecule has 8 nitrogen and oxygen atoms in total. The van der Waals surface area contributed by atoms with Crippen molar-refractivity contribution >= 4 is 35.3 Å². The summed E-state index contributed by atoms with van der Waals surface area (Å²) in [6.07, 6.45) is 4.58. The minimum Gasteiger partial charge on any atom is -0.483 e. The summed E-state index contributed by atoms with van der Waals surface area (Å²) in [5.41, 5.74) is 0.111. The van der Waals surface area contributed by atoms with Crippen LogP contribution in [-0.2, 0) is 11.3 Å². The molecular formula is C18H21ClN4O4S. The number of aliphatic hydroxyl groups is 1. The van der Waals surface area contributed by atoms with E-state index in [0.29, 0.717) is 18.8 Å². The average Bonchev–Trinajstić information content (AvgIpc) is 3.35. The number of thiophene rings is 1. The number of halogens is 1. The normalized spacial score (nSPS) is 23.8. The van der Waals surface area contributed by atoms with Gasteiger partial charge in [-0.2, -0.15) is 0 Å². The summed E-state index contributed by atoms with van der Waals surface area (Å²) in [6, 6.07) is 3.97. The van der Waals surface area contributed by atoms with Crippen LogP contribution >= 0.6 is 22.9 Å². The van der Waals surface area contributed by atoms with Gasteiger partial charge in [-0.1, -0.05) is 11.6 Å². The molecule has 2 saturated heterocycles. The molecule has 0 spiro atoms. The number of nitrogens with zero attached hydrogens (tertiary/aromatic N) is 4. The Morgan fingerprint density at radius 2 is 2.14 bits per heavy atom. The van der Waals surface area contributed by atoms with E-state index >= 15 is 0 Å². The van der Waals surface area contributed by atoms with Crippen molar-refractivity contribution in [1.29, 1.82) is 0 Å². The second kappa shape index (κ2) is 8.95. The molecule has 0 saturated carbocycles. The Morgan fingerprint density at radius 1 is 1.36 bits per heavy atom. The van der Waals surface area contributed by atoms with E-state index in [4.69, 9.17) is 21.5 Å². The van der Waals surface area contributed by atoms with E-state index in [1.807, 2.05) is 11.0 Å². The third-order valence-electron chi connectivity index (χ3n) is 5.22. The molecule has 2 N–H and O–H groups in total. The van der Waals surface area contributed by atoms with Crippen LogP contribution in [0.15, 0.2) is 30.7 Å². The lowest BCUT2D eigenvalue weighted by molar-refractivity contribution is -0.122. The lowest BCUT2D eigenvalue weighted by atomic mass is 9.82. The maximum absolute atomic E-state index is 12.6. The highest BCUT2D eigenvalue weighted by Crippen LogP contribution is 2.43. The summed E-state index contributed by atoms with van der Waals surface area (Å²) in [5.74, 6) is 0.167. The van der Waals surface area contributed by atoms with Gasteiger partial charge in [-0.15, -0.1) is 11.3 Å². The first-order chi connectivity index (χ1) is 13.5. The Balaban J connectivity index is 0.000000706. The van der Waals surface area contributed by atoms with Crippen molar-refractivity contribution in [3.8, 4) is 0 Å². The molecule has 1 amide bonds. The van der Waals surface area contributed by atoms with Crippen molar-refractivity contribution in [1.82, 2.24) is 19.8 Å². The van der Waals surface area contributed by atoms with Crippen LogP contribution in [0.4, 0.5) is 0 Å². The van der Waals surface area contributed by atoms with Crippen LogP contribution in [0.1, 0.15) is 15.4 Å². The van der Waals surface area contributed by atoms with E-state index in [1.54, 1.807) is 17.5 Å². The average molecular weight is 425 g/mol. The Morgan fingerprint density at radius 3 is 2.71 bits per heavy atom. The predicted molar refractivity (Wildman–Crippen MR) is 104 cm³/mol. The second-order valence-corrected chi connectivity index (χ2v) is 8.77. The lowest BCUT2D eigenvalue weighted by Gasteiger charge is -2.27. The van der Waals surface area contributed by atoms with Crippen molar-refractivity contribution in [3.05, 3.63) is 45.6 Å². The van der Waals surface area contributed by atoms with Gasteiger partial charge in [-0.3, -0.25) is 19.5 Å². The standard InChI is InChI=1S/C17H19ClN4O2S.CH2O2/c18-15-2-1-13(25-15)8-21-6-12-7-22(10-17(12,9-21)11-23)16(24)14-5-19-3-4-20-14;2-1-3/h1-5,12,23H,6-11H2;1H,(H,2,3)/t12-,17+;/m0./s1. The smallest absolute Gasteiger partial charge is 0.290 e. The molecule has 4 heterocycles. The Kier molecular flexibility index (Phi) is 6.61. The molecule has 0 bridgehead atoms. The van der Waals surface area contributed by atoms with Crippen molar-refractivity contribution in [2.24, 2.45) is 11.3 Å². The van der Waals surface area contributed by atoms with Crippen molar-refractivity contribution < 1.29 is 19.8 Å². The SMILES string of the molecule is O=C(c1cnccn1)N1C[C@@H]2CN(Cc3ccc(Cl)s3)C[C@]2(CO)C1.O=CO. The number of rotatable bonds is 4. The first kappa shape index (κ1) is 20.7. The number of amides is 1. The number of carbonyl (C=O) groups is 2. The summed E-state index contributed by atoms with van der Waals surface area (Å²) in [5, 5.41) is 17.0. The molecule has 2 aliphatic rings. The van der Waals surface area contributed by atoms with Gasteiger partial charge in [-0.05, 0) is 18.1 Å². The molecule has 0 aliphatic carbocycles. The quantitative estimate of drug-likeness (QED) is 0.715. The van der Waals surface area contributed by atoms with Crippen molar-refractivity contribution in [2.45, 2.75) is 6.54 Å². The monoisotopic (exact) mass is 424 g/mol. The molecule has 4 rings (SSSR count). The molecular weight excluding hydrogens is 404 g/mol. The van der Waals surface area contributed by atoms with Gasteiger partial charge in [-0.25, -0.2) is 4.98 Å². The van der Waals surface area contributed by atoms with Crippen LogP contribution in [0.3, 0.4) is 0 Å². The van der Waals surface area contributed by atoms with Crippen LogP contribution in [0.25, 0.3) is 0 Å². The Labute approximate surface area is 171 Å². The summed E-state index contributed by atoms with van der Waals surface area (Å²) in [7, 11) is 0. The van der Waals surface area contributed by atoms with E-state index in [1.165, 1.54) is 17.3 Å². The summed E-state index contributed by atoms with van der Waals surface area (Å²) >= 11 is 7.61. The lowest BCUT2D eigenvalue weighted by Crippen LogP contribution is -2.39. The van der Waals surface area contributed by atoms with E-state index in [0.717, 1.165) is 24.0 Å². The van der Waals surface area contributed by atoms with Gasteiger partial charge in [0.1, 0.15) is 5.69 Å². The Bertz CT molecular complexity index is 821. The number of likely N-dealkylation sites (tertiary alicyclic amines) is 2. The number of hydrogen-bond donors (Lipinski definition) is 2. The summed E-state index contributed by atoms with van der Waals surface area (Å²) in [6.45, 7) is 3.55. The van der Waals surface area contributed by atoms with Gasteiger partial charge >= 0.3 is 0 Å². The van der Waals surface area contributed by atoms with Gasteiger partial charge in [0.2, 0.25) is 0 Å². The molecule has 2 aromatic rings. The van der Waals surface area contributed by atoms with E-state index in [9.17, 15) is 9.90 Å². The third-order valence-corrected chi connectivity index (χ3v) is 6.44. The molecule has 0 aromatic carbocycles. The molecule has 28 heavy (non-hydrogen) atoms. The van der Waals surface area contributed by atoms with Gasteiger partial charge in [0.15, 0.2) is 0 Å². The maximum atomic E-state index is 12.6. The maximum Gasteiger partial charge on any atom is 0.290 e. The topological polar surface area (TPSA) is 107 Å². The highest BCUT2D eigenvalue weighted by molar-refractivity contribution is 7.16. The molecule has 0 radical (unpaired) electrons. The zero-order valence-electron chi connectivity index (χ0n) is 15.1. The molecule has 2 aliphatic heterocycles. The molecule has 10 heteroatoms.